The van der Waals surface area contributed by atoms with E-state index in [0.717, 1.165) is 23.3 Å². The Morgan fingerprint density at radius 1 is 1.15 bits per heavy atom. The largest absolute Gasteiger partial charge is 0.362 e. The number of benzene rings is 1. The molecule has 0 saturated heterocycles. The summed E-state index contributed by atoms with van der Waals surface area (Å²) >= 11 is 1.87. The first-order valence-electron chi connectivity index (χ1n) is 6.95. The van der Waals surface area contributed by atoms with Crippen molar-refractivity contribution < 1.29 is 0 Å². The lowest BCUT2D eigenvalue weighted by molar-refractivity contribution is 0.607. The van der Waals surface area contributed by atoms with E-state index >= 15 is 0 Å². The van der Waals surface area contributed by atoms with Crippen LogP contribution in [0.1, 0.15) is 29.3 Å². The van der Waals surface area contributed by atoms with Crippen LogP contribution in [0.25, 0.3) is 11.0 Å². The van der Waals surface area contributed by atoms with Crippen molar-refractivity contribution in [3.63, 3.8) is 0 Å². The highest BCUT2D eigenvalue weighted by Gasteiger charge is 2.21. The number of nitrogens with zero attached hydrogens (tertiary/aromatic N) is 2. The van der Waals surface area contributed by atoms with Gasteiger partial charge < -0.3 is 5.32 Å². The zero-order valence-electron chi connectivity index (χ0n) is 11.0. The molecule has 1 aliphatic rings. The lowest BCUT2D eigenvalue weighted by atomic mass is 9.94. The predicted octanol–water partition coefficient (Wildman–Crippen LogP) is 4.18. The third-order valence-corrected chi connectivity index (χ3v) is 4.82. The van der Waals surface area contributed by atoms with Crippen LogP contribution in [-0.2, 0) is 6.42 Å². The molecule has 100 valence electrons. The van der Waals surface area contributed by atoms with E-state index in [9.17, 15) is 0 Å². The third-order valence-electron chi connectivity index (χ3n) is 3.82. The van der Waals surface area contributed by atoms with Crippen molar-refractivity contribution in [2.45, 2.75) is 25.3 Å². The second-order valence-electron chi connectivity index (χ2n) is 5.13. The van der Waals surface area contributed by atoms with Gasteiger partial charge in [-0.25, -0.2) is 4.98 Å². The number of hydrogen-bond donors (Lipinski definition) is 1. The summed E-state index contributed by atoms with van der Waals surface area (Å²) in [6.45, 7) is 0. The first-order chi connectivity index (χ1) is 9.90. The van der Waals surface area contributed by atoms with E-state index in [0.29, 0.717) is 6.04 Å². The zero-order valence-corrected chi connectivity index (χ0v) is 11.9. The van der Waals surface area contributed by atoms with Crippen molar-refractivity contribution in [2.75, 3.05) is 5.32 Å². The Morgan fingerprint density at radius 3 is 3.00 bits per heavy atom. The van der Waals surface area contributed by atoms with Gasteiger partial charge in [0.2, 0.25) is 0 Å². The lowest BCUT2D eigenvalue weighted by Crippen LogP contribution is -2.16. The Kier molecular flexibility index (Phi) is 2.89. The molecule has 3 aromatic rings. The average Bonchev–Trinajstić information content (AvgIpc) is 2.97. The Morgan fingerprint density at radius 2 is 2.05 bits per heavy atom. The summed E-state index contributed by atoms with van der Waals surface area (Å²) in [5.74, 6) is 0.868. The molecule has 3 nitrogen and oxygen atoms in total. The van der Waals surface area contributed by atoms with Gasteiger partial charge in [0.05, 0.1) is 23.3 Å². The van der Waals surface area contributed by atoms with Gasteiger partial charge in [-0.15, -0.1) is 11.3 Å². The Bertz CT molecular complexity index is 750. The lowest BCUT2D eigenvalue weighted by Gasteiger charge is -2.24. The van der Waals surface area contributed by atoms with Crippen LogP contribution < -0.4 is 5.32 Å². The fraction of sp³-hybridized carbons (Fsp3) is 0.250. The molecule has 1 atom stereocenters. The highest BCUT2D eigenvalue weighted by Crippen LogP contribution is 2.35. The highest BCUT2D eigenvalue weighted by atomic mass is 32.1. The summed E-state index contributed by atoms with van der Waals surface area (Å²) in [6, 6.07) is 10.6. The number of hydrogen-bond acceptors (Lipinski definition) is 4. The Balaban J connectivity index is 1.65. The summed E-state index contributed by atoms with van der Waals surface area (Å²) in [5.41, 5.74) is 3.33. The summed E-state index contributed by atoms with van der Waals surface area (Å²) in [5, 5.41) is 5.74. The molecular formula is C16H15N3S. The summed E-state index contributed by atoms with van der Waals surface area (Å²) in [6.07, 6.45) is 5.46. The van der Waals surface area contributed by atoms with Gasteiger partial charge in [-0.3, -0.25) is 4.98 Å². The van der Waals surface area contributed by atoms with Crippen LogP contribution in [0.2, 0.25) is 0 Å². The minimum atomic E-state index is 0.375. The van der Waals surface area contributed by atoms with Gasteiger partial charge in [0, 0.05) is 4.88 Å². The maximum atomic E-state index is 4.66. The molecular weight excluding hydrogens is 266 g/mol. The molecule has 1 unspecified atom stereocenters. The van der Waals surface area contributed by atoms with Gasteiger partial charge in [-0.1, -0.05) is 12.1 Å². The molecule has 1 aromatic carbocycles. The fourth-order valence-corrected chi connectivity index (χ4v) is 3.83. The minimum Gasteiger partial charge on any atom is -0.362 e. The summed E-state index contributed by atoms with van der Waals surface area (Å²) in [4.78, 5) is 10.6. The van der Waals surface area contributed by atoms with Crippen molar-refractivity contribution in [3.05, 3.63) is 52.3 Å². The van der Waals surface area contributed by atoms with Gasteiger partial charge in [0.15, 0.2) is 0 Å². The van der Waals surface area contributed by atoms with E-state index in [4.69, 9.17) is 0 Å². The fourth-order valence-electron chi connectivity index (χ4n) is 2.84. The first-order valence-corrected chi connectivity index (χ1v) is 7.83. The van der Waals surface area contributed by atoms with E-state index in [1.165, 1.54) is 23.3 Å². The monoisotopic (exact) mass is 281 g/mol. The van der Waals surface area contributed by atoms with Crippen LogP contribution in [0.15, 0.2) is 41.9 Å². The number of nitrogens with one attached hydrogen (secondary N) is 1. The predicted molar refractivity (Wildman–Crippen MR) is 83.2 cm³/mol. The number of para-hydroxylation sites is 2. The number of aryl methyl sites for hydroxylation is 1. The Hall–Kier alpha value is -1.94. The standard InChI is InChI=1S/C16H15N3S/c1-2-5-14-13(4-1)17-10-16(19-14)18-12-6-3-7-15-11(12)8-9-20-15/h1-2,4-5,8-10,12H,3,6-7H2,(H,18,19). The molecule has 0 bridgehead atoms. The van der Waals surface area contributed by atoms with Crippen LogP contribution in [0.4, 0.5) is 5.82 Å². The van der Waals surface area contributed by atoms with E-state index in [1.54, 1.807) is 0 Å². The highest BCUT2D eigenvalue weighted by molar-refractivity contribution is 7.10. The molecule has 0 spiro atoms. The first kappa shape index (κ1) is 11.9. The molecule has 2 aromatic heterocycles. The van der Waals surface area contributed by atoms with Gasteiger partial charge in [-0.05, 0) is 48.4 Å². The molecule has 2 heterocycles. The van der Waals surface area contributed by atoms with E-state index in [1.807, 2.05) is 41.8 Å². The summed E-state index contributed by atoms with van der Waals surface area (Å²) < 4.78 is 0. The molecule has 20 heavy (non-hydrogen) atoms. The third kappa shape index (κ3) is 2.06. The topological polar surface area (TPSA) is 37.8 Å². The van der Waals surface area contributed by atoms with Gasteiger partial charge in [0.25, 0.3) is 0 Å². The second kappa shape index (κ2) is 4.87. The van der Waals surface area contributed by atoms with Crippen molar-refractivity contribution in [1.29, 1.82) is 0 Å². The molecule has 4 heteroatoms. The second-order valence-corrected chi connectivity index (χ2v) is 6.13. The molecule has 0 saturated carbocycles. The Labute approximate surface area is 121 Å². The van der Waals surface area contributed by atoms with Crippen molar-refractivity contribution in [3.8, 4) is 0 Å². The van der Waals surface area contributed by atoms with E-state index < -0.39 is 0 Å². The smallest absolute Gasteiger partial charge is 0.145 e. The van der Waals surface area contributed by atoms with Crippen LogP contribution in [0, 0.1) is 0 Å². The molecule has 1 aliphatic carbocycles. The van der Waals surface area contributed by atoms with Gasteiger partial charge in [-0.2, -0.15) is 0 Å². The SMILES string of the molecule is c1ccc2nc(NC3CCCc4sccc43)cnc2c1. The van der Waals surface area contributed by atoms with Crippen LogP contribution in [0.5, 0.6) is 0 Å². The maximum absolute atomic E-state index is 4.66. The molecule has 1 N–H and O–H groups in total. The van der Waals surface area contributed by atoms with Crippen LogP contribution >= 0.6 is 11.3 Å². The number of rotatable bonds is 2. The van der Waals surface area contributed by atoms with Crippen molar-refractivity contribution in [1.82, 2.24) is 9.97 Å². The summed E-state index contributed by atoms with van der Waals surface area (Å²) in [7, 11) is 0. The van der Waals surface area contributed by atoms with Crippen molar-refractivity contribution in [2.24, 2.45) is 0 Å². The number of anilines is 1. The number of aromatic nitrogens is 2. The molecule has 0 fully saturated rings. The molecule has 0 aliphatic heterocycles. The van der Waals surface area contributed by atoms with Crippen LogP contribution in [-0.4, -0.2) is 9.97 Å². The quantitative estimate of drug-likeness (QED) is 0.765. The normalized spacial score (nSPS) is 17.9. The van der Waals surface area contributed by atoms with E-state index in [-0.39, 0.29) is 0 Å². The minimum absolute atomic E-state index is 0.375. The molecule has 4 rings (SSSR count). The van der Waals surface area contributed by atoms with Gasteiger partial charge >= 0.3 is 0 Å². The maximum Gasteiger partial charge on any atom is 0.145 e. The molecule has 0 radical (unpaired) electrons. The van der Waals surface area contributed by atoms with Crippen molar-refractivity contribution >= 4 is 28.2 Å². The van der Waals surface area contributed by atoms with Gasteiger partial charge in [0.1, 0.15) is 5.82 Å². The average molecular weight is 281 g/mol. The zero-order chi connectivity index (χ0) is 13.4. The molecule has 0 amide bonds. The number of fused-ring (bicyclic) bond motifs is 2. The van der Waals surface area contributed by atoms with Crippen LogP contribution in [0.3, 0.4) is 0 Å². The van der Waals surface area contributed by atoms with E-state index in [2.05, 4.69) is 26.7 Å². The number of thiophene rings is 1.